The summed E-state index contributed by atoms with van der Waals surface area (Å²) in [6.07, 6.45) is 0. The molecule has 2 aromatic carbocycles. The van der Waals surface area contributed by atoms with Gasteiger partial charge in [0.05, 0.1) is 15.9 Å². The lowest BCUT2D eigenvalue weighted by Gasteiger charge is -2.07. The Balaban J connectivity index is 1.65. The van der Waals surface area contributed by atoms with Crippen molar-refractivity contribution in [3.63, 3.8) is 0 Å². The monoisotopic (exact) mass is 362 g/mol. The highest BCUT2D eigenvalue weighted by Crippen LogP contribution is 2.28. The Bertz CT molecular complexity index is 1130. The van der Waals surface area contributed by atoms with Gasteiger partial charge in [-0.25, -0.2) is 9.67 Å². The van der Waals surface area contributed by atoms with Gasteiger partial charge in [-0.1, -0.05) is 29.5 Å². The highest BCUT2D eigenvalue weighted by atomic mass is 32.1. The molecular weight excluding hydrogens is 344 g/mol. The first-order valence-electron chi connectivity index (χ1n) is 8.32. The number of nitrogens with zero attached hydrogens (tertiary/aromatic N) is 3. The van der Waals surface area contributed by atoms with Crippen molar-refractivity contribution in [1.82, 2.24) is 14.8 Å². The van der Waals surface area contributed by atoms with Crippen molar-refractivity contribution in [2.24, 2.45) is 0 Å². The largest absolute Gasteiger partial charge is 0.322 e. The molecule has 6 heteroatoms. The smallest absolute Gasteiger partial charge is 0.255 e. The number of fused-ring (bicyclic) bond motifs is 1. The van der Waals surface area contributed by atoms with Crippen LogP contribution in [0.5, 0.6) is 0 Å². The van der Waals surface area contributed by atoms with Crippen LogP contribution in [0.15, 0.2) is 48.5 Å². The predicted octanol–water partition coefficient (Wildman–Crippen LogP) is 4.66. The molecule has 4 aromatic rings. The average Bonchev–Trinajstić information content (AvgIpc) is 3.17. The molecule has 2 heterocycles. The Labute approximate surface area is 155 Å². The van der Waals surface area contributed by atoms with E-state index in [1.807, 2.05) is 74.0 Å². The number of carbonyl (C=O) groups is 1. The van der Waals surface area contributed by atoms with Gasteiger partial charge in [0.2, 0.25) is 5.13 Å². The number of benzene rings is 2. The van der Waals surface area contributed by atoms with E-state index in [2.05, 4.69) is 15.4 Å². The van der Waals surface area contributed by atoms with Gasteiger partial charge in [0, 0.05) is 16.9 Å². The minimum atomic E-state index is -0.114. The molecule has 0 aliphatic rings. The molecule has 0 unspecified atom stereocenters. The number of hydrogen-bond donors (Lipinski definition) is 1. The molecule has 0 saturated carbocycles. The maximum Gasteiger partial charge on any atom is 0.255 e. The molecule has 0 atom stereocenters. The minimum Gasteiger partial charge on any atom is -0.322 e. The molecule has 130 valence electrons. The summed E-state index contributed by atoms with van der Waals surface area (Å²) in [7, 11) is 0. The Morgan fingerprint density at radius 3 is 2.62 bits per heavy atom. The van der Waals surface area contributed by atoms with E-state index < -0.39 is 0 Å². The predicted molar refractivity (Wildman–Crippen MR) is 105 cm³/mol. The van der Waals surface area contributed by atoms with Crippen LogP contribution in [0.1, 0.15) is 27.3 Å². The van der Waals surface area contributed by atoms with Crippen molar-refractivity contribution >= 4 is 33.1 Å². The van der Waals surface area contributed by atoms with Crippen LogP contribution in [0.2, 0.25) is 0 Å². The Hall–Kier alpha value is -2.99. The summed E-state index contributed by atoms with van der Waals surface area (Å²) in [6.45, 7) is 5.91. The second kappa shape index (κ2) is 6.38. The number of nitrogens with one attached hydrogen (secondary N) is 1. The van der Waals surface area contributed by atoms with Crippen LogP contribution in [0, 0.1) is 20.8 Å². The fraction of sp³-hybridized carbons (Fsp3) is 0.150. The quantitative estimate of drug-likeness (QED) is 0.577. The molecule has 0 aliphatic carbocycles. The van der Waals surface area contributed by atoms with Gasteiger partial charge in [-0.2, -0.15) is 5.10 Å². The summed E-state index contributed by atoms with van der Waals surface area (Å²) in [5.74, 6) is -0.114. The standard InChI is InChI=1S/C20H18N4OS/c1-12-6-4-5-7-16(12)19(25)21-15-8-9-18-17(11-15)22-20(26-18)24-14(3)10-13(2)23-24/h4-11H,1-3H3,(H,21,25). The van der Waals surface area contributed by atoms with Gasteiger partial charge in [-0.05, 0) is 56.7 Å². The van der Waals surface area contributed by atoms with Crippen LogP contribution >= 0.6 is 11.3 Å². The van der Waals surface area contributed by atoms with Crippen LogP contribution in [0.4, 0.5) is 5.69 Å². The van der Waals surface area contributed by atoms with Crippen LogP contribution in [0.25, 0.3) is 15.3 Å². The second-order valence-corrected chi connectivity index (χ2v) is 7.30. The molecule has 0 spiro atoms. The van der Waals surface area contributed by atoms with Crippen molar-refractivity contribution < 1.29 is 4.79 Å². The molecule has 0 bridgehead atoms. The highest BCUT2D eigenvalue weighted by Gasteiger charge is 2.12. The zero-order valence-corrected chi connectivity index (χ0v) is 15.6. The summed E-state index contributed by atoms with van der Waals surface area (Å²) in [5, 5.41) is 8.28. The third kappa shape index (κ3) is 2.99. The first-order valence-corrected chi connectivity index (χ1v) is 9.14. The molecule has 5 nitrogen and oxygen atoms in total. The van der Waals surface area contributed by atoms with Crippen molar-refractivity contribution in [2.45, 2.75) is 20.8 Å². The maximum atomic E-state index is 12.5. The normalized spacial score (nSPS) is 11.0. The minimum absolute atomic E-state index is 0.114. The van der Waals surface area contributed by atoms with Gasteiger partial charge < -0.3 is 5.32 Å². The number of thiazole rings is 1. The lowest BCUT2D eigenvalue weighted by molar-refractivity contribution is 0.102. The fourth-order valence-corrected chi connectivity index (χ4v) is 3.89. The summed E-state index contributed by atoms with van der Waals surface area (Å²) in [6, 6.07) is 15.4. The molecule has 0 saturated heterocycles. The van der Waals surface area contributed by atoms with Gasteiger partial charge >= 0.3 is 0 Å². The Morgan fingerprint density at radius 2 is 1.88 bits per heavy atom. The van der Waals surface area contributed by atoms with Crippen molar-refractivity contribution in [3.8, 4) is 5.13 Å². The molecule has 0 aliphatic heterocycles. The molecular formula is C20H18N4OS. The van der Waals surface area contributed by atoms with E-state index in [0.717, 1.165) is 38.0 Å². The fourth-order valence-electron chi connectivity index (χ4n) is 2.93. The van der Waals surface area contributed by atoms with E-state index in [1.165, 1.54) is 0 Å². The van der Waals surface area contributed by atoms with E-state index in [1.54, 1.807) is 11.3 Å². The molecule has 4 rings (SSSR count). The Kier molecular flexibility index (Phi) is 4.05. The Morgan fingerprint density at radius 1 is 1.08 bits per heavy atom. The molecule has 1 N–H and O–H groups in total. The second-order valence-electron chi connectivity index (χ2n) is 6.29. The lowest BCUT2D eigenvalue weighted by atomic mass is 10.1. The summed E-state index contributed by atoms with van der Waals surface area (Å²) < 4.78 is 2.91. The van der Waals surface area contributed by atoms with E-state index in [4.69, 9.17) is 0 Å². The van der Waals surface area contributed by atoms with Crippen LogP contribution in [0.3, 0.4) is 0 Å². The number of rotatable bonds is 3. The van der Waals surface area contributed by atoms with E-state index >= 15 is 0 Å². The molecule has 1 amide bonds. The SMILES string of the molecule is Cc1cc(C)n(-c2nc3cc(NC(=O)c4ccccc4C)ccc3s2)n1. The van der Waals surface area contributed by atoms with Crippen LogP contribution in [-0.4, -0.2) is 20.7 Å². The first-order chi connectivity index (χ1) is 12.5. The third-order valence-electron chi connectivity index (χ3n) is 4.21. The van der Waals surface area contributed by atoms with E-state index in [0.29, 0.717) is 5.56 Å². The number of carbonyl (C=O) groups excluding carboxylic acids is 1. The zero-order valence-electron chi connectivity index (χ0n) is 14.8. The topological polar surface area (TPSA) is 59.8 Å². The van der Waals surface area contributed by atoms with Crippen LogP contribution < -0.4 is 5.32 Å². The van der Waals surface area contributed by atoms with E-state index in [-0.39, 0.29) is 5.91 Å². The third-order valence-corrected chi connectivity index (χ3v) is 5.23. The lowest BCUT2D eigenvalue weighted by Crippen LogP contribution is -2.13. The first kappa shape index (κ1) is 16.5. The number of amides is 1. The van der Waals surface area contributed by atoms with Crippen molar-refractivity contribution in [3.05, 3.63) is 71.0 Å². The number of aromatic nitrogens is 3. The van der Waals surface area contributed by atoms with Gasteiger partial charge in [-0.3, -0.25) is 4.79 Å². The van der Waals surface area contributed by atoms with Crippen molar-refractivity contribution in [1.29, 1.82) is 0 Å². The average molecular weight is 362 g/mol. The molecule has 26 heavy (non-hydrogen) atoms. The number of hydrogen-bond acceptors (Lipinski definition) is 4. The molecule has 0 radical (unpaired) electrons. The maximum absolute atomic E-state index is 12.5. The van der Waals surface area contributed by atoms with Gasteiger partial charge in [-0.15, -0.1) is 0 Å². The summed E-state index contributed by atoms with van der Waals surface area (Å²) >= 11 is 1.58. The molecule has 2 aromatic heterocycles. The molecule has 0 fully saturated rings. The summed E-state index contributed by atoms with van der Waals surface area (Å²) in [4.78, 5) is 17.2. The highest BCUT2D eigenvalue weighted by molar-refractivity contribution is 7.20. The number of anilines is 1. The summed E-state index contributed by atoms with van der Waals surface area (Å²) in [5.41, 5.74) is 5.22. The van der Waals surface area contributed by atoms with Gasteiger partial charge in [0.25, 0.3) is 5.91 Å². The number of aryl methyl sites for hydroxylation is 3. The van der Waals surface area contributed by atoms with Crippen LogP contribution in [-0.2, 0) is 0 Å². The van der Waals surface area contributed by atoms with Gasteiger partial charge in [0.15, 0.2) is 0 Å². The zero-order chi connectivity index (χ0) is 18.3. The van der Waals surface area contributed by atoms with Crippen molar-refractivity contribution in [2.75, 3.05) is 5.32 Å². The van der Waals surface area contributed by atoms with Gasteiger partial charge in [0.1, 0.15) is 0 Å². The van der Waals surface area contributed by atoms with E-state index in [9.17, 15) is 4.79 Å².